The molecule has 8 heteroatoms. The molecule has 0 fully saturated rings. The molecule has 0 radical (unpaired) electrons. The molecule has 0 aliphatic heterocycles. The third-order valence-corrected chi connectivity index (χ3v) is 4.18. The predicted molar refractivity (Wildman–Crippen MR) is 105 cm³/mol. The number of hydrogen-bond donors (Lipinski definition) is 2. The molecule has 0 spiro atoms. The number of carbonyl (C=O) groups is 3. The fourth-order valence-corrected chi connectivity index (χ4v) is 2.44. The van der Waals surface area contributed by atoms with Crippen molar-refractivity contribution in [3.63, 3.8) is 0 Å². The average molecular weight is 405 g/mol. The zero-order chi connectivity index (χ0) is 20.5. The zero-order valence-electron chi connectivity index (χ0n) is 15.4. The van der Waals surface area contributed by atoms with Gasteiger partial charge in [0.1, 0.15) is 5.75 Å². The van der Waals surface area contributed by atoms with Crippen molar-refractivity contribution in [1.29, 1.82) is 0 Å². The van der Waals surface area contributed by atoms with Gasteiger partial charge in [0.05, 0.1) is 17.9 Å². The van der Waals surface area contributed by atoms with Gasteiger partial charge in [-0.1, -0.05) is 23.7 Å². The summed E-state index contributed by atoms with van der Waals surface area (Å²) < 4.78 is 10.5. The van der Waals surface area contributed by atoms with Crippen LogP contribution in [-0.4, -0.2) is 31.0 Å². The number of anilines is 1. The normalized spacial score (nSPS) is 10.2. The Balaban J connectivity index is 1.68. The van der Waals surface area contributed by atoms with Gasteiger partial charge in [0.15, 0.2) is 6.61 Å². The fourth-order valence-electron chi connectivity index (χ4n) is 2.32. The Labute approximate surface area is 167 Å². The molecule has 0 bridgehead atoms. The summed E-state index contributed by atoms with van der Waals surface area (Å²) in [6, 6.07) is 11.6. The van der Waals surface area contributed by atoms with Gasteiger partial charge in [-0.25, -0.2) is 0 Å². The lowest BCUT2D eigenvalue weighted by Crippen LogP contribution is -2.23. The van der Waals surface area contributed by atoms with Crippen molar-refractivity contribution in [2.45, 2.75) is 19.8 Å². The number of primary amides is 1. The number of nitrogens with one attached hydrogen (secondary N) is 1. The summed E-state index contributed by atoms with van der Waals surface area (Å²) in [5, 5.41) is 3.15. The number of rotatable bonds is 9. The van der Waals surface area contributed by atoms with Crippen LogP contribution in [0.15, 0.2) is 42.5 Å². The number of nitrogens with two attached hydrogens (primary N) is 1. The average Bonchev–Trinajstić information content (AvgIpc) is 2.66. The second-order valence-electron chi connectivity index (χ2n) is 5.98. The molecule has 0 aliphatic rings. The number of halogens is 1. The largest absolute Gasteiger partial charge is 0.494 e. The van der Waals surface area contributed by atoms with Gasteiger partial charge >= 0.3 is 5.97 Å². The van der Waals surface area contributed by atoms with Crippen molar-refractivity contribution in [3.8, 4) is 5.75 Å². The Kier molecular flexibility index (Phi) is 7.83. The lowest BCUT2D eigenvalue weighted by Gasteiger charge is -2.10. The minimum Gasteiger partial charge on any atom is -0.494 e. The molecule has 0 saturated carbocycles. The van der Waals surface area contributed by atoms with E-state index in [0.717, 1.165) is 5.56 Å². The highest BCUT2D eigenvalue weighted by Gasteiger charge is 2.12. The van der Waals surface area contributed by atoms with Crippen molar-refractivity contribution in [2.75, 3.05) is 18.5 Å². The van der Waals surface area contributed by atoms with Crippen LogP contribution in [0.25, 0.3) is 0 Å². The SMILES string of the molecule is Cc1cc(OCCCC(=O)OCC(=O)Nc2ccccc2C(N)=O)ccc1Cl. The highest BCUT2D eigenvalue weighted by molar-refractivity contribution is 6.31. The van der Waals surface area contributed by atoms with E-state index in [1.165, 1.54) is 12.1 Å². The third kappa shape index (κ3) is 6.59. The molecule has 0 unspecified atom stereocenters. The molecule has 2 aromatic rings. The maximum Gasteiger partial charge on any atom is 0.306 e. The molecule has 0 aromatic heterocycles. The Bertz CT molecular complexity index is 869. The molecule has 0 atom stereocenters. The van der Waals surface area contributed by atoms with Crippen molar-refractivity contribution < 1.29 is 23.9 Å². The van der Waals surface area contributed by atoms with Crippen LogP contribution in [0, 0.1) is 6.92 Å². The van der Waals surface area contributed by atoms with Crippen LogP contribution in [0.5, 0.6) is 5.75 Å². The number of aryl methyl sites for hydroxylation is 1. The van der Waals surface area contributed by atoms with Crippen molar-refractivity contribution in [2.24, 2.45) is 5.73 Å². The summed E-state index contributed by atoms with van der Waals surface area (Å²) in [4.78, 5) is 34.9. The highest BCUT2D eigenvalue weighted by Crippen LogP contribution is 2.21. The molecular weight excluding hydrogens is 384 g/mol. The standard InChI is InChI=1S/C20H21ClN2O5/c1-13-11-14(8-9-16(13)21)27-10-4-7-19(25)28-12-18(24)23-17-6-3-2-5-15(17)20(22)26/h2-3,5-6,8-9,11H,4,7,10,12H2,1H3,(H2,22,26)(H,23,24). The first-order valence-electron chi connectivity index (χ1n) is 8.60. The smallest absolute Gasteiger partial charge is 0.306 e. The minimum absolute atomic E-state index is 0.109. The molecule has 3 N–H and O–H groups in total. The first-order chi connectivity index (χ1) is 13.4. The lowest BCUT2D eigenvalue weighted by molar-refractivity contribution is -0.147. The van der Waals surface area contributed by atoms with Gasteiger partial charge in [0.2, 0.25) is 0 Å². The van der Waals surface area contributed by atoms with E-state index in [4.69, 9.17) is 26.8 Å². The van der Waals surface area contributed by atoms with Gasteiger partial charge in [-0.05, 0) is 49.2 Å². The van der Waals surface area contributed by atoms with Crippen LogP contribution < -0.4 is 15.8 Å². The maximum absolute atomic E-state index is 11.9. The number of carbonyl (C=O) groups excluding carboxylic acids is 3. The monoisotopic (exact) mass is 404 g/mol. The van der Waals surface area contributed by atoms with Crippen molar-refractivity contribution in [3.05, 3.63) is 58.6 Å². The Morgan fingerprint density at radius 1 is 1.14 bits per heavy atom. The van der Waals surface area contributed by atoms with E-state index in [1.807, 2.05) is 13.0 Å². The van der Waals surface area contributed by atoms with Crippen LogP contribution in [0.4, 0.5) is 5.69 Å². The molecule has 148 valence electrons. The summed E-state index contributed by atoms with van der Waals surface area (Å²) >= 11 is 5.95. The van der Waals surface area contributed by atoms with Crippen molar-refractivity contribution in [1.82, 2.24) is 0 Å². The predicted octanol–water partition coefficient (Wildman–Crippen LogP) is 3.09. The summed E-state index contributed by atoms with van der Waals surface area (Å²) in [6.07, 6.45) is 0.546. The van der Waals surface area contributed by atoms with E-state index >= 15 is 0 Å². The van der Waals surface area contributed by atoms with Crippen LogP contribution in [0.1, 0.15) is 28.8 Å². The Hall–Kier alpha value is -3.06. The van der Waals surface area contributed by atoms with Gasteiger partial charge in [0.25, 0.3) is 11.8 Å². The van der Waals surface area contributed by atoms with E-state index in [1.54, 1.807) is 24.3 Å². The van der Waals surface area contributed by atoms with Crippen LogP contribution in [0.2, 0.25) is 5.02 Å². The van der Waals surface area contributed by atoms with Gasteiger partial charge in [-0.3, -0.25) is 14.4 Å². The zero-order valence-corrected chi connectivity index (χ0v) is 16.1. The van der Waals surface area contributed by atoms with Gasteiger partial charge in [-0.2, -0.15) is 0 Å². The van der Waals surface area contributed by atoms with Gasteiger partial charge < -0.3 is 20.5 Å². The van der Waals surface area contributed by atoms with Crippen LogP contribution >= 0.6 is 11.6 Å². The van der Waals surface area contributed by atoms with Gasteiger partial charge in [-0.15, -0.1) is 0 Å². The summed E-state index contributed by atoms with van der Waals surface area (Å²) in [5.74, 6) is -1.07. The number of esters is 1. The summed E-state index contributed by atoms with van der Waals surface area (Å²) in [6.45, 7) is 1.75. The Morgan fingerprint density at radius 2 is 1.89 bits per heavy atom. The molecule has 7 nitrogen and oxygen atoms in total. The van der Waals surface area contributed by atoms with E-state index in [0.29, 0.717) is 23.8 Å². The van der Waals surface area contributed by atoms with E-state index in [2.05, 4.69) is 5.32 Å². The fraction of sp³-hybridized carbons (Fsp3) is 0.250. The Morgan fingerprint density at radius 3 is 2.61 bits per heavy atom. The second kappa shape index (κ2) is 10.3. The van der Waals surface area contributed by atoms with Crippen molar-refractivity contribution >= 4 is 35.1 Å². The molecule has 0 heterocycles. The molecule has 28 heavy (non-hydrogen) atoms. The lowest BCUT2D eigenvalue weighted by atomic mass is 10.1. The minimum atomic E-state index is -0.663. The highest BCUT2D eigenvalue weighted by atomic mass is 35.5. The molecular formula is C20H21ClN2O5. The number of benzene rings is 2. The number of amides is 2. The third-order valence-electron chi connectivity index (χ3n) is 3.75. The number of para-hydroxylation sites is 1. The maximum atomic E-state index is 11.9. The molecule has 0 saturated heterocycles. The summed E-state index contributed by atoms with van der Waals surface area (Å²) in [5.41, 5.74) is 6.59. The molecule has 0 aliphatic carbocycles. The van der Waals surface area contributed by atoms with Gasteiger partial charge in [0, 0.05) is 11.4 Å². The number of hydrogen-bond acceptors (Lipinski definition) is 5. The molecule has 2 aromatic carbocycles. The molecule has 2 rings (SSSR count). The van der Waals surface area contributed by atoms with E-state index in [9.17, 15) is 14.4 Å². The van der Waals surface area contributed by atoms with E-state index in [-0.39, 0.29) is 17.7 Å². The van der Waals surface area contributed by atoms with E-state index < -0.39 is 24.4 Å². The topological polar surface area (TPSA) is 108 Å². The van der Waals surface area contributed by atoms with Crippen LogP contribution in [0.3, 0.4) is 0 Å². The first-order valence-corrected chi connectivity index (χ1v) is 8.98. The number of ether oxygens (including phenoxy) is 2. The summed E-state index contributed by atoms with van der Waals surface area (Å²) in [7, 11) is 0. The second-order valence-corrected chi connectivity index (χ2v) is 6.39. The quantitative estimate of drug-likeness (QED) is 0.493. The van der Waals surface area contributed by atoms with Crippen LogP contribution in [-0.2, 0) is 14.3 Å². The first kappa shape index (κ1) is 21.2. The molecule has 2 amide bonds.